The highest BCUT2D eigenvalue weighted by Crippen LogP contribution is 2.31. The number of aromatic nitrogens is 1. The highest BCUT2D eigenvalue weighted by molar-refractivity contribution is 6.00. The molecule has 3 rings (SSSR count). The Morgan fingerprint density at radius 3 is 2.89 bits per heavy atom. The standard InChI is InChI=1S/C14H15N3O2/c1-8-3-4-12-10(8)5-11(14(19)17(12)2)13(18)16-9-6-15-7-9/h5-8H,3-4H2,1-2H3,(H,16,18). The Labute approximate surface area is 110 Å². The summed E-state index contributed by atoms with van der Waals surface area (Å²) < 4.78 is 1.61. The van der Waals surface area contributed by atoms with Crippen LogP contribution in [0, 0.1) is 0 Å². The molecule has 0 radical (unpaired) electrons. The molecule has 2 heterocycles. The maximum absolute atomic E-state index is 12.2. The maximum Gasteiger partial charge on any atom is 0.263 e. The molecule has 1 aliphatic heterocycles. The van der Waals surface area contributed by atoms with Crippen molar-refractivity contribution in [2.75, 3.05) is 0 Å². The highest BCUT2D eigenvalue weighted by Gasteiger charge is 2.25. The summed E-state index contributed by atoms with van der Waals surface area (Å²) in [4.78, 5) is 28.1. The average molecular weight is 257 g/mol. The SMILES string of the molecule is CC1CCc2c1cc(C(=O)NC1=CN=C1)c(=O)n2C. The van der Waals surface area contributed by atoms with Crippen molar-refractivity contribution in [1.29, 1.82) is 0 Å². The highest BCUT2D eigenvalue weighted by atomic mass is 16.2. The predicted octanol–water partition coefficient (Wildman–Crippen LogP) is 1.09. The quantitative estimate of drug-likeness (QED) is 0.862. The van der Waals surface area contributed by atoms with Crippen molar-refractivity contribution in [2.45, 2.75) is 25.7 Å². The summed E-state index contributed by atoms with van der Waals surface area (Å²) in [5, 5.41) is 2.67. The van der Waals surface area contributed by atoms with E-state index in [1.165, 1.54) is 0 Å². The third-order valence-electron chi connectivity index (χ3n) is 3.85. The van der Waals surface area contributed by atoms with Gasteiger partial charge in [-0.15, -0.1) is 0 Å². The monoisotopic (exact) mass is 257 g/mol. The normalized spacial score (nSPS) is 19.7. The fourth-order valence-corrected chi connectivity index (χ4v) is 2.62. The van der Waals surface area contributed by atoms with Crippen LogP contribution in [0.3, 0.4) is 0 Å². The number of carbonyl (C=O) groups excluding carboxylic acids is 1. The van der Waals surface area contributed by atoms with Gasteiger partial charge in [0.1, 0.15) is 5.56 Å². The van der Waals surface area contributed by atoms with Crippen LogP contribution in [-0.4, -0.2) is 16.7 Å². The minimum atomic E-state index is -0.361. The van der Waals surface area contributed by atoms with Gasteiger partial charge in [0.05, 0.1) is 18.1 Å². The molecule has 1 atom stereocenters. The first-order valence-electron chi connectivity index (χ1n) is 6.35. The number of rotatable bonds is 2. The van der Waals surface area contributed by atoms with Gasteiger partial charge >= 0.3 is 0 Å². The van der Waals surface area contributed by atoms with Gasteiger partial charge in [-0.2, -0.15) is 0 Å². The zero-order chi connectivity index (χ0) is 13.6. The first kappa shape index (κ1) is 11.9. The molecule has 0 saturated carbocycles. The van der Waals surface area contributed by atoms with Gasteiger partial charge in [0.15, 0.2) is 0 Å². The van der Waals surface area contributed by atoms with Crippen LogP contribution in [0.15, 0.2) is 27.8 Å². The molecule has 19 heavy (non-hydrogen) atoms. The largest absolute Gasteiger partial charge is 0.319 e. The number of pyridine rings is 1. The van der Waals surface area contributed by atoms with Crippen LogP contribution in [0.5, 0.6) is 0 Å². The third-order valence-corrected chi connectivity index (χ3v) is 3.85. The van der Waals surface area contributed by atoms with Gasteiger partial charge in [-0.05, 0) is 30.4 Å². The van der Waals surface area contributed by atoms with Crippen molar-refractivity contribution in [3.8, 4) is 0 Å². The predicted molar refractivity (Wildman–Crippen MR) is 72.5 cm³/mol. The van der Waals surface area contributed by atoms with Crippen LogP contribution in [0.4, 0.5) is 0 Å². The van der Waals surface area contributed by atoms with E-state index in [4.69, 9.17) is 0 Å². The molecule has 0 fully saturated rings. The molecule has 0 bridgehead atoms. The van der Waals surface area contributed by atoms with Crippen LogP contribution in [0.1, 0.15) is 40.9 Å². The van der Waals surface area contributed by atoms with E-state index in [1.807, 2.05) is 0 Å². The average Bonchev–Trinajstić information content (AvgIpc) is 2.70. The summed E-state index contributed by atoms with van der Waals surface area (Å²) in [5.41, 5.74) is 2.78. The molecule has 5 nitrogen and oxygen atoms in total. The van der Waals surface area contributed by atoms with Crippen molar-refractivity contribution in [3.63, 3.8) is 0 Å². The molecule has 98 valence electrons. The number of hydrogen-bond donors (Lipinski definition) is 1. The summed E-state index contributed by atoms with van der Waals surface area (Å²) in [6.45, 7) is 2.12. The van der Waals surface area contributed by atoms with Crippen molar-refractivity contribution >= 4 is 12.1 Å². The Bertz CT molecular complexity index is 683. The minimum absolute atomic E-state index is 0.205. The number of nitrogens with zero attached hydrogens (tertiary/aromatic N) is 2. The Balaban J connectivity index is 2.02. The fraction of sp³-hybridized carbons (Fsp3) is 0.357. The molecular formula is C14H15N3O2. The number of carbonyl (C=O) groups is 1. The van der Waals surface area contributed by atoms with E-state index < -0.39 is 0 Å². The van der Waals surface area contributed by atoms with Crippen LogP contribution >= 0.6 is 0 Å². The summed E-state index contributed by atoms with van der Waals surface area (Å²) >= 11 is 0. The Morgan fingerprint density at radius 2 is 2.26 bits per heavy atom. The summed E-state index contributed by atoms with van der Waals surface area (Å²) in [5.74, 6) is 0.0396. The Kier molecular flexibility index (Phi) is 2.62. The van der Waals surface area contributed by atoms with E-state index in [-0.39, 0.29) is 17.0 Å². The lowest BCUT2D eigenvalue weighted by Gasteiger charge is -2.13. The maximum atomic E-state index is 12.2. The van der Waals surface area contributed by atoms with Gasteiger partial charge in [0.2, 0.25) is 0 Å². The molecular weight excluding hydrogens is 242 g/mol. The van der Waals surface area contributed by atoms with Crippen LogP contribution < -0.4 is 10.9 Å². The lowest BCUT2D eigenvalue weighted by Crippen LogP contribution is -2.34. The lowest BCUT2D eigenvalue weighted by molar-refractivity contribution is 0.0965. The molecule has 0 aromatic carbocycles. The first-order chi connectivity index (χ1) is 9.08. The zero-order valence-corrected chi connectivity index (χ0v) is 10.9. The number of aliphatic imine (C=N–C) groups is 1. The molecule has 1 unspecified atom stereocenters. The lowest BCUT2D eigenvalue weighted by atomic mass is 10.0. The van der Waals surface area contributed by atoms with E-state index >= 15 is 0 Å². The van der Waals surface area contributed by atoms with Crippen molar-refractivity contribution in [3.05, 3.63) is 45.1 Å². The van der Waals surface area contributed by atoms with Gasteiger partial charge in [0.25, 0.3) is 11.5 Å². The molecule has 2 aliphatic rings. The van der Waals surface area contributed by atoms with E-state index in [2.05, 4.69) is 17.2 Å². The van der Waals surface area contributed by atoms with E-state index in [0.717, 1.165) is 24.1 Å². The molecule has 1 aromatic rings. The molecule has 0 saturated heterocycles. The van der Waals surface area contributed by atoms with Gasteiger partial charge in [0, 0.05) is 12.7 Å². The zero-order valence-electron chi connectivity index (χ0n) is 10.9. The number of allylic oxidation sites excluding steroid dienone is 1. The van der Waals surface area contributed by atoms with Crippen molar-refractivity contribution in [1.82, 2.24) is 9.88 Å². The topological polar surface area (TPSA) is 63.5 Å². The fourth-order valence-electron chi connectivity index (χ4n) is 2.62. The molecule has 5 heteroatoms. The molecule has 1 aliphatic carbocycles. The number of fused-ring (bicyclic) bond motifs is 1. The van der Waals surface area contributed by atoms with Gasteiger partial charge in [-0.25, -0.2) is 0 Å². The van der Waals surface area contributed by atoms with E-state index in [9.17, 15) is 9.59 Å². The van der Waals surface area contributed by atoms with Crippen LogP contribution in [0.25, 0.3) is 0 Å². The Hall–Kier alpha value is -2.17. The van der Waals surface area contributed by atoms with Crippen molar-refractivity contribution in [2.24, 2.45) is 12.0 Å². The van der Waals surface area contributed by atoms with Gasteiger partial charge in [-0.3, -0.25) is 14.6 Å². The van der Waals surface area contributed by atoms with Gasteiger partial charge in [-0.1, -0.05) is 6.92 Å². The smallest absolute Gasteiger partial charge is 0.263 e. The minimum Gasteiger partial charge on any atom is -0.319 e. The summed E-state index contributed by atoms with van der Waals surface area (Å²) in [6, 6.07) is 1.75. The number of amides is 1. The van der Waals surface area contributed by atoms with Crippen LogP contribution in [-0.2, 0) is 13.5 Å². The molecule has 1 N–H and O–H groups in total. The van der Waals surface area contributed by atoms with E-state index in [1.54, 1.807) is 30.1 Å². The second-order valence-electron chi connectivity index (χ2n) is 5.08. The van der Waals surface area contributed by atoms with Gasteiger partial charge < -0.3 is 9.88 Å². The molecule has 1 amide bonds. The summed E-state index contributed by atoms with van der Waals surface area (Å²) in [6.07, 6.45) is 5.05. The number of hydrogen-bond acceptors (Lipinski definition) is 3. The first-order valence-corrected chi connectivity index (χ1v) is 6.35. The van der Waals surface area contributed by atoms with Crippen molar-refractivity contribution < 1.29 is 4.79 Å². The summed E-state index contributed by atoms with van der Waals surface area (Å²) in [7, 11) is 1.74. The molecule has 0 spiro atoms. The number of nitrogens with one attached hydrogen (secondary N) is 1. The van der Waals surface area contributed by atoms with Crippen LogP contribution in [0.2, 0.25) is 0 Å². The Morgan fingerprint density at radius 1 is 1.53 bits per heavy atom. The van der Waals surface area contributed by atoms with E-state index in [0.29, 0.717) is 11.6 Å². The second-order valence-corrected chi connectivity index (χ2v) is 5.08. The third kappa shape index (κ3) is 1.82. The second kappa shape index (κ2) is 4.19. The molecule has 1 aromatic heterocycles.